The lowest BCUT2D eigenvalue weighted by molar-refractivity contribution is 0.0366. The summed E-state index contributed by atoms with van der Waals surface area (Å²) in [5, 5.41) is 10.2. The Morgan fingerprint density at radius 2 is 1.88 bits per heavy atom. The predicted octanol–water partition coefficient (Wildman–Crippen LogP) is 5.43. The number of halogens is 1. The summed E-state index contributed by atoms with van der Waals surface area (Å²) in [6.07, 6.45) is 10.7. The van der Waals surface area contributed by atoms with Crippen LogP contribution in [0.2, 0.25) is 0 Å². The molecule has 4 heteroatoms. The lowest BCUT2D eigenvalue weighted by atomic mass is 9.89. The number of piperidine rings is 1. The molecule has 0 radical (unpaired) electrons. The van der Waals surface area contributed by atoms with Gasteiger partial charge in [-0.1, -0.05) is 51.5 Å². The van der Waals surface area contributed by atoms with Gasteiger partial charge >= 0.3 is 0 Å². The van der Waals surface area contributed by atoms with Gasteiger partial charge in [-0.05, 0) is 59.9 Å². The Labute approximate surface area is 168 Å². The molecule has 0 saturated carbocycles. The third-order valence-electron chi connectivity index (χ3n) is 5.40. The molecule has 1 aliphatic rings. The van der Waals surface area contributed by atoms with E-state index in [4.69, 9.17) is 4.74 Å². The Morgan fingerprint density at radius 3 is 2.62 bits per heavy atom. The van der Waals surface area contributed by atoms with Gasteiger partial charge in [0.2, 0.25) is 0 Å². The number of ether oxygens (including phenoxy) is 1. The molecule has 1 heterocycles. The first-order chi connectivity index (χ1) is 12.6. The number of aliphatic hydroxyl groups excluding tert-OH is 1. The highest BCUT2D eigenvalue weighted by molar-refractivity contribution is 9.10. The van der Waals surface area contributed by atoms with Crippen LogP contribution in [0.1, 0.15) is 63.9 Å². The van der Waals surface area contributed by atoms with Gasteiger partial charge < -0.3 is 14.7 Å². The molecule has 1 aromatic carbocycles. The van der Waals surface area contributed by atoms with Crippen molar-refractivity contribution in [2.24, 2.45) is 5.92 Å². The highest BCUT2D eigenvalue weighted by atomic mass is 79.9. The van der Waals surface area contributed by atoms with E-state index < -0.39 is 0 Å². The average molecular weight is 426 g/mol. The van der Waals surface area contributed by atoms with Gasteiger partial charge in [0, 0.05) is 19.0 Å². The minimum Gasteiger partial charge on any atom is -0.492 e. The van der Waals surface area contributed by atoms with Gasteiger partial charge in [-0.25, -0.2) is 0 Å². The molecule has 0 bridgehead atoms. The van der Waals surface area contributed by atoms with E-state index in [0.717, 1.165) is 49.2 Å². The van der Waals surface area contributed by atoms with Crippen LogP contribution in [0.5, 0.6) is 5.75 Å². The summed E-state index contributed by atoms with van der Waals surface area (Å²) < 4.78 is 6.97. The predicted molar refractivity (Wildman–Crippen MR) is 113 cm³/mol. The largest absolute Gasteiger partial charge is 0.492 e. The Kier molecular flexibility index (Phi) is 10.0. The minimum atomic E-state index is -0.182. The topological polar surface area (TPSA) is 32.7 Å². The molecule has 1 aromatic rings. The molecule has 0 aromatic heterocycles. The van der Waals surface area contributed by atoms with Crippen LogP contribution in [0.15, 0.2) is 22.7 Å². The molecule has 3 nitrogen and oxygen atoms in total. The fourth-order valence-electron chi connectivity index (χ4n) is 3.73. The molecule has 1 aliphatic heterocycles. The van der Waals surface area contributed by atoms with Gasteiger partial charge in [0.1, 0.15) is 5.75 Å². The molecule has 2 unspecified atom stereocenters. The Balaban J connectivity index is 1.71. The van der Waals surface area contributed by atoms with Crippen molar-refractivity contribution >= 4 is 15.9 Å². The average Bonchev–Trinajstić information content (AvgIpc) is 2.62. The molecule has 148 valence electrons. The van der Waals surface area contributed by atoms with Crippen molar-refractivity contribution in [3.8, 4) is 5.75 Å². The zero-order chi connectivity index (χ0) is 18.8. The molecule has 1 N–H and O–H groups in total. The molecule has 2 rings (SSSR count). The summed E-state index contributed by atoms with van der Waals surface area (Å²) >= 11 is 3.65. The standard InChI is InChI=1S/C22H36BrNO2/c1-3-4-5-6-7-8-9-14-26-22-11-10-18(16-20(22)23)15-19-17-24(2)13-12-21(19)25/h10-11,16,19,21,25H,3-9,12-15,17H2,1-2H3. The van der Waals surface area contributed by atoms with Crippen molar-refractivity contribution in [3.05, 3.63) is 28.2 Å². The maximum absolute atomic E-state index is 10.2. The number of unbranched alkanes of at least 4 members (excludes halogenated alkanes) is 6. The van der Waals surface area contributed by atoms with Crippen LogP contribution in [0.25, 0.3) is 0 Å². The monoisotopic (exact) mass is 425 g/mol. The van der Waals surface area contributed by atoms with E-state index in [1.165, 1.54) is 44.1 Å². The second-order valence-electron chi connectivity index (χ2n) is 7.82. The van der Waals surface area contributed by atoms with Crippen molar-refractivity contribution < 1.29 is 9.84 Å². The Morgan fingerprint density at radius 1 is 1.15 bits per heavy atom. The molecule has 1 fully saturated rings. The van der Waals surface area contributed by atoms with E-state index in [-0.39, 0.29) is 6.10 Å². The van der Waals surface area contributed by atoms with Crippen LogP contribution in [0.3, 0.4) is 0 Å². The van der Waals surface area contributed by atoms with Crippen molar-refractivity contribution in [2.45, 2.75) is 70.8 Å². The highest BCUT2D eigenvalue weighted by Crippen LogP contribution is 2.29. The smallest absolute Gasteiger partial charge is 0.133 e. The first-order valence-corrected chi connectivity index (χ1v) is 11.2. The van der Waals surface area contributed by atoms with Gasteiger partial charge in [-0.15, -0.1) is 0 Å². The third kappa shape index (κ3) is 7.58. The van der Waals surface area contributed by atoms with Crippen molar-refractivity contribution in [1.29, 1.82) is 0 Å². The minimum absolute atomic E-state index is 0.182. The van der Waals surface area contributed by atoms with E-state index in [9.17, 15) is 5.11 Å². The second kappa shape index (κ2) is 12.0. The lowest BCUT2D eigenvalue weighted by Gasteiger charge is -2.34. The van der Waals surface area contributed by atoms with Gasteiger partial charge in [0.05, 0.1) is 17.2 Å². The number of aliphatic hydroxyl groups is 1. The summed E-state index contributed by atoms with van der Waals surface area (Å²) in [6, 6.07) is 6.37. The highest BCUT2D eigenvalue weighted by Gasteiger charge is 2.26. The number of likely N-dealkylation sites (tertiary alicyclic amines) is 1. The van der Waals surface area contributed by atoms with Crippen molar-refractivity contribution in [2.75, 3.05) is 26.7 Å². The molecule has 26 heavy (non-hydrogen) atoms. The fraction of sp³-hybridized carbons (Fsp3) is 0.727. The van der Waals surface area contributed by atoms with Crippen LogP contribution >= 0.6 is 15.9 Å². The van der Waals surface area contributed by atoms with Gasteiger partial charge in [0.25, 0.3) is 0 Å². The van der Waals surface area contributed by atoms with E-state index in [1.54, 1.807) is 0 Å². The van der Waals surface area contributed by atoms with Crippen LogP contribution < -0.4 is 4.74 Å². The van der Waals surface area contributed by atoms with Crippen molar-refractivity contribution in [3.63, 3.8) is 0 Å². The first-order valence-electron chi connectivity index (χ1n) is 10.4. The maximum atomic E-state index is 10.2. The Bertz CT molecular complexity index is 523. The third-order valence-corrected chi connectivity index (χ3v) is 6.02. The van der Waals surface area contributed by atoms with E-state index in [1.807, 2.05) is 0 Å². The summed E-state index contributed by atoms with van der Waals surface area (Å²) in [4.78, 5) is 2.31. The van der Waals surface area contributed by atoms with Gasteiger partial charge in [0.15, 0.2) is 0 Å². The summed E-state index contributed by atoms with van der Waals surface area (Å²) in [6.45, 7) is 5.01. The molecule has 2 atom stereocenters. The fourth-order valence-corrected chi connectivity index (χ4v) is 4.28. The molecule has 0 aliphatic carbocycles. The number of hydrogen-bond acceptors (Lipinski definition) is 3. The molecule has 1 saturated heterocycles. The Hall–Kier alpha value is -0.580. The quantitative estimate of drug-likeness (QED) is 0.479. The van der Waals surface area contributed by atoms with E-state index in [2.05, 4.69) is 53.0 Å². The SMILES string of the molecule is CCCCCCCCCOc1ccc(CC2CN(C)CCC2O)cc1Br. The molecule has 0 spiro atoms. The van der Waals surface area contributed by atoms with Gasteiger partial charge in [-0.2, -0.15) is 0 Å². The summed E-state index contributed by atoms with van der Waals surface area (Å²) in [7, 11) is 2.13. The van der Waals surface area contributed by atoms with Gasteiger partial charge in [-0.3, -0.25) is 0 Å². The first kappa shape index (κ1) is 21.7. The molecular formula is C22H36BrNO2. The number of hydrogen-bond donors (Lipinski definition) is 1. The van der Waals surface area contributed by atoms with E-state index in [0.29, 0.717) is 5.92 Å². The molecule has 0 amide bonds. The summed E-state index contributed by atoms with van der Waals surface area (Å²) in [5.41, 5.74) is 1.26. The van der Waals surface area contributed by atoms with Crippen LogP contribution in [0.4, 0.5) is 0 Å². The van der Waals surface area contributed by atoms with Crippen molar-refractivity contribution in [1.82, 2.24) is 4.90 Å². The number of nitrogens with zero attached hydrogens (tertiary/aromatic N) is 1. The lowest BCUT2D eigenvalue weighted by Crippen LogP contribution is -2.41. The van der Waals surface area contributed by atoms with Crippen LogP contribution in [-0.2, 0) is 6.42 Å². The maximum Gasteiger partial charge on any atom is 0.133 e. The van der Waals surface area contributed by atoms with Crippen LogP contribution in [0, 0.1) is 5.92 Å². The number of rotatable bonds is 11. The van der Waals surface area contributed by atoms with E-state index >= 15 is 0 Å². The number of benzene rings is 1. The zero-order valence-electron chi connectivity index (χ0n) is 16.6. The molecular weight excluding hydrogens is 390 g/mol. The van der Waals surface area contributed by atoms with Crippen LogP contribution in [-0.4, -0.2) is 42.9 Å². The summed E-state index contributed by atoms with van der Waals surface area (Å²) in [5.74, 6) is 1.25. The normalized spacial score (nSPS) is 21.1. The second-order valence-corrected chi connectivity index (χ2v) is 8.67. The zero-order valence-corrected chi connectivity index (χ0v) is 18.1.